The predicted octanol–water partition coefficient (Wildman–Crippen LogP) is 3.13. The molecule has 1 rings (SSSR count). The van der Waals surface area contributed by atoms with E-state index in [0.717, 1.165) is 19.3 Å². The van der Waals surface area contributed by atoms with Gasteiger partial charge in [0.25, 0.3) is 0 Å². The van der Waals surface area contributed by atoms with Crippen LogP contribution >= 0.6 is 0 Å². The largest absolute Gasteiger partial charge is 0.368 e. The van der Waals surface area contributed by atoms with Gasteiger partial charge in [-0.25, -0.2) is 4.98 Å². The number of hydrogen-bond acceptors (Lipinski definition) is 6. The van der Waals surface area contributed by atoms with Gasteiger partial charge in [-0.05, 0) is 32.2 Å². The fraction of sp³-hybridized carbons (Fsp3) is 0.767. The lowest BCUT2D eigenvalue weighted by Gasteiger charge is -2.22. The molecule has 0 aliphatic carbocycles. The fourth-order valence-electron chi connectivity index (χ4n) is 4.69. The van der Waals surface area contributed by atoms with E-state index in [1.807, 2.05) is 0 Å². The second kappa shape index (κ2) is 23.7. The number of aromatic nitrogens is 2. The molecule has 0 aromatic carbocycles. The number of carbonyl (C=O) groups is 4. The molecule has 4 amide bonds. The first-order valence-corrected chi connectivity index (χ1v) is 15.7. The minimum absolute atomic E-state index is 0.138. The maximum absolute atomic E-state index is 13.0. The van der Waals surface area contributed by atoms with Gasteiger partial charge in [0.2, 0.25) is 23.6 Å². The van der Waals surface area contributed by atoms with Crippen LogP contribution in [0.3, 0.4) is 0 Å². The molecule has 0 saturated carbocycles. The first kappa shape index (κ1) is 36.1. The number of H-pyrrole nitrogens is 1. The first-order chi connectivity index (χ1) is 19.9. The fourth-order valence-corrected chi connectivity index (χ4v) is 4.69. The highest BCUT2D eigenvalue weighted by molar-refractivity contribution is 5.92. The quantitative estimate of drug-likeness (QED) is 0.0918. The molecule has 0 aliphatic heterocycles. The second-order valence-electron chi connectivity index (χ2n) is 10.9. The van der Waals surface area contributed by atoms with E-state index in [2.05, 4.69) is 32.8 Å². The Morgan fingerprint density at radius 3 is 1.95 bits per heavy atom. The van der Waals surface area contributed by atoms with Gasteiger partial charge in [-0.2, -0.15) is 0 Å². The van der Waals surface area contributed by atoms with Crippen LogP contribution in [0.1, 0.15) is 122 Å². The van der Waals surface area contributed by atoms with Crippen molar-refractivity contribution in [1.82, 2.24) is 25.9 Å². The molecule has 0 fully saturated rings. The monoisotopic (exact) mass is 577 g/mol. The Hall–Kier alpha value is -2.95. The summed E-state index contributed by atoms with van der Waals surface area (Å²) in [5.74, 6) is -1.88. The summed E-state index contributed by atoms with van der Waals surface area (Å²) < 4.78 is 0. The summed E-state index contributed by atoms with van der Waals surface area (Å²) in [7, 11) is 0. The zero-order valence-electron chi connectivity index (χ0n) is 25.2. The summed E-state index contributed by atoms with van der Waals surface area (Å²) in [6, 6.07) is -1.84. The molecule has 0 aliphatic rings. The zero-order valence-corrected chi connectivity index (χ0v) is 25.2. The molecule has 8 N–H and O–H groups in total. The lowest BCUT2D eigenvalue weighted by atomic mass is 10.0. The van der Waals surface area contributed by atoms with Crippen molar-refractivity contribution >= 4 is 23.6 Å². The van der Waals surface area contributed by atoms with E-state index in [-0.39, 0.29) is 18.9 Å². The number of nitrogens with zero attached hydrogens (tertiary/aromatic N) is 1. The molecular formula is C30H55N7O4. The maximum Gasteiger partial charge on any atom is 0.243 e. The molecule has 41 heavy (non-hydrogen) atoms. The van der Waals surface area contributed by atoms with Crippen molar-refractivity contribution in [2.75, 3.05) is 13.1 Å². The normalized spacial score (nSPS) is 12.4. The summed E-state index contributed by atoms with van der Waals surface area (Å²) in [5.41, 5.74) is 11.6. The van der Waals surface area contributed by atoms with Crippen LogP contribution in [0.15, 0.2) is 12.5 Å². The number of nitrogens with one attached hydrogen (secondary N) is 4. The highest BCUT2D eigenvalue weighted by Crippen LogP contribution is 2.13. The van der Waals surface area contributed by atoms with Crippen molar-refractivity contribution in [3.63, 3.8) is 0 Å². The van der Waals surface area contributed by atoms with Crippen molar-refractivity contribution < 1.29 is 19.2 Å². The molecule has 11 heteroatoms. The van der Waals surface area contributed by atoms with Crippen LogP contribution in [0.2, 0.25) is 0 Å². The van der Waals surface area contributed by atoms with Crippen molar-refractivity contribution in [1.29, 1.82) is 0 Å². The Bertz CT molecular complexity index is 848. The van der Waals surface area contributed by atoms with Crippen LogP contribution in [-0.4, -0.2) is 58.8 Å². The highest BCUT2D eigenvalue weighted by Gasteiger charge is 2.26. The molecule has 234 valence electrons. The Kier molecular flexibility index (Phi) is 20.9. The molecule has 1 aromatic rings. The van der Waals surface area contributed by atoms with E-state index in [9.17, 15) is 19.2 Å². The Morgan fingerprint density at radius 1 is 0.805 bits per heavy atom. The standard InChI is InChI=1S/C30H55N7O4/c1-2-3-4-5-6-7-8-9-10-11-12-13-14-18-27(38)34-22-28(39)36-26(20-24-21-33-23-35-24)30(41)37-25(29(32)40)17-15-16-19-31/h21,23,25-26H,2-20,22,31H2,1H3,(H2,32,40)(H,33,35)(H,34,38)(H,36,39)(H,37,41)/t25-,26-/m0/s1. The summed E-state index contributed by atoms with van der Waals surface area (Å²) in [5, 5.41) is 7.92. The smallest absolute Gasteiger partial charge is 0.243 e. The molecule has 0 spiro atoms. The van der Waals surface area contributed by atoms with E-state index in [1.165, 1.54) is 70.5 Å². The van der Waals surface area contributed by atoms with Gasteiger partial charge < -0.3 is 32.4 Å². The number of rotatable bonds is 26. The van der Waals surface area contributed by atoms with Crippen molar-refractivity contribution in [2.24, 2.45) is 11.5 Å². The third-order valence-corrected chi connectivity index (χ3v) is 7.19. The molecule has 0 radical (unpaired) electrons. The lowest BCUT2D eigenvalue weighted by molar-refractivity contribution is -0.131. The van der Waals surface area contributed by atoms with E-state index in [4.69, 9.17) is 11.5 Å². The summed E-state index contributed by atoms with van der Waals surface area (Å²) in [6.45, 7) is 2.48. The number of amides is 4. The number of unbranched alkanes of at least 4 members (excludes halogenated alkanes) is 13. The number of primary amides is 1. The Balaban J connectivity index is 2.31. The van der Waals surface area contributed by atoms with E-state index >= 15 is 0 Å². The first-order valence-electron chi connectivity index (χ1n) is 15.7. The second-order valence-corrected chi connectivity index (χ2v) is 10.9. The molecular weight excluding hydrogens is 522 g/mol. The van der Waals surface area contributed by atoms with Gasteiger partial charge >= 0.3 is 0 Å². The van der Waals surface area contributed by atoms with Gasteiger partial charge in [-0.15, -0.1) is 0 Å². The summed E-state index contributed by atoms with van der Waals surface area (Å²) in [6.07, 6.45) is 21.3. The average molecular weight is 578 g/mol. The van der Waals surface area contributed by atoms with Crippen molar-refractivity contribution in [2.45, 2.75) is 135 Å². The van der Waals surface area contributed by atoms with Crippen LogP contribution in [0.5, 0.6) is 0 Å². The molecule has 0 unspecified atom stereocenters. The predicted molar refractivity (Wildman–Crippen MR) is 162 cm³/mol. The Labute approximate surface area is 246 Å². The summed E-state index contributed by atoms with van der Waals surface area (Å²) in [4.78, 5) is 56.4. The average Bonchev–Trinajstić information content (AvgIpc) is 3.46. The molecule has 1 heterocycles. The van der Waals surface area contributed by atoms with Gasteiger partial charge in [0, 0.05) is 24.7 Å². The van der Waals surface area contributed by atoms with Crippen LogP contribution in [0.4, 0.5) is 0 Å². The lowest BCUT2D eigenvalue weighted by Crippen LogP contribution is -2.54. The highest BCUT2D eigenvalue weighted by atomic mass is 16.2. The van der Waals surface area contributed by atoms with E-state index < -0.39 is 29.8 Å². The van der Waals surface area contributed by atoms with Gasteiger partial charge in [-0.1, -0.05) is 84.0 Å². The van der Waals surface area contributed by atoms with Crippen LogP contribution in [-0.2, 0) is 25.6 Å². The van der Waals surface area contributed by atoms with Gasteiger partial charge in [0.15, 0.2) is 0 Å². The van der Waals surface area contributed by atoms with Crippen LogP contribution in [0, 0.1) is 0 Å². The molecule has 11 nitrogen and oxygen atoms in total. The Morgan fingerprint density at radius 2 is 1.41 bits per heavy atom. The third-order valence-electron chi connectivity index (χ3n) is 7.19. The number of aromatic amines is 1. The minimum Gasteiger partial charge on any atom is -0.368 e. The molecule has 0 saturated heterocycles. The third kappa shape index (κ3) is 18.9. The van der Waals surface area contributed by atoms with Gasteiger partial charge in [0.1, 0.15) is 12.1 Å². The zero-order chi connectivity index (χ0) is 30.1. The van der Waals surface area contributed by atoms with E-state index in [0.29, 0.717) is 37.9 Å². The number of imidazole rings is 1. The molecule has 0 bridgehead atoms. The van der Waals surface area contributed by atoms with E-state index in [1.54, 1.807) is 6.20 Å². The number of carbonyl (C=O) groups excluding carboxylic acids is 4. The van der Waals surface area contributed by atoms with Crippen LogP contribution < -0.4 is 27.4 Å². The van der Waals surface area contributed by atoms with Gasteiger partial charge in [0.05, 0.1) is 12.9 Å². The minimum atomic E-state index is -0.975. The SMILES string of the molecule is CCCCCCCCCCCCCCCC(=O)NCC(=O)N[C@@H](Cc1cnc[nH]1)C(=O)N[C@@H](CCCCN)C(N)=O. The number of hydrogen-bond donors (Lipinski definition) is 6. The number of nitrogens with two attached hydrogens (primary N) is 2. The molecule has 1 aromatic heterocycles. The van der Waals surface area contributed by atoms with Crippen LogP contribution in [0.25, 0.3) is 0 Å². The van der Waals surface area contributed by atoms with Crippen molar-refractivity contribution in [3.05, 3.63) is 18.2 Å². The maximum atomic E-state index is 13.0. The topological polar surface area (TPSA) is 185 Å². The molecule has 2 atom stereocenters. The van der Waals surface area contributed by atoms with Gasteiger partial charge in [-0.3, -0.25) is 19.2 Å². The van der Waals surface area contributed by atoms with Crippen molar-refractivity contribution in [3.8, 4) is 0 Å². The summed E-state index contributed by atoms with van der Waals surface area (Å²) >= 11 is 0.